The van der Waals surface area contributed by atoms with Crippen molar-refractivity contribution < 1.29 is 14.5 Å². The number of non-ortho nitro benzene ring substituents is 1. The Hall–Kier alpha value is -3.46. The largest absolute Gasteiger partial charge is 0.297 e. The topological polar surface area (TPSA) is 105 Å². The number of hydrogen-bond acceptors (Lipinski definition) is 6. The van der Waals surface area contributed by atoms with Gasteiger partial charge in [0.2, 0.25) is 0 Å². The monoisotopic (exact) mass is 354 g/mol. The van der Waals surface area contributed by atoms with Gasteiger partial charge in [-0.2, -0.15) is 0 Å². The number of carbonyl (C=O) groups is 2. The molecule has 124 valence electrons. The number of hydrogen-bond donors (Lipinski definition) is 1. The maximum absolute atomic E-state index is 12.7. The van der Waals surface area contributed by atoms with Gasteiger partial charge in [-0.1, -0.05) is 6.07 Å². The first-order chi connectivity index (χ1) is 12.0. The molecule has 0 aliphatic carbocycles. The number of carbonyl (C=O) groups excluding carboxylic acids is 2. The highest BCUT2D eigenvalue weighted by Gasteiger charge is 2.35. The molecule has 0 bridgehead atoms. The predicted octanol–water partition coefficient (Wildman–Crippen LogP) is 1.89. The molecular formula is C16H10N4O4S. The van der Waals surface area contributed by atoms with Gasteiger partial charge in [0, 0.05) is 30.1 Å². The summed E-state index contributed by atoms with van der Waals surface area (Å²) in [7, 11) is 0. The molecule has 0 radical (unpaired) electrons. The summed E-state index contributed by atoms with van der Waals surface area (Å²) in [6.45, 7) is 0. The molecule has 0 atom stereocenters. The quantitative estimate of drug-likeness (QED) is 0.390. The molecule has 0 spiro atoms. The fourth-order valence-corrected chi connectivity index (χ4v) is 2.51. The van der Waals surface area contributed by atoms with E-state index in [1.54, 1.807) is 18.3 Å². The molecule has 2 heterocycles. The Morgan fingerprint density at radius 1 is 1.28 bits per heavy atom. The van der Waals surface area contributed by atoms with Crippen LogP contribution < -0.4 is 5.32 Å². The van der Waals surface area contributed by atoms with Crippen molar-refractivity contribution in [1.29, 1.82) is 0 Å². The minimum atomic E-state index is -0.562. The van der Waals surface area contributed by atoms with Crippen molar-refractivity contribution in [3.8, 4) is 0 Å². The summed E-state index contributed by atoms with van der Waals surface area (Å²) in [5.74, 6) is -1.07. The zero-order valence-electron chi connectivity index (χ0n) is 12.6. The number of nitrogens with zero attached hydrogens (tertiary/aromatic N) is 3. The SMILES string of the molecule is O=C1NC(=S)N(C(=O)c2ccc([N+](=O)[O-])cc2)/C1=C\c1cccnc1. The second-order valence-electron chi connectivity index (χ2n) is 5.02. The van der Waals surface area contributed by atoms with Crippen molar-refractivity contribution in [2.45, 2.75) is 0 Å². The Labute approximate surface area is 146 Å². The number of nitrogens with one attached hydrogen (secondary N) is 1. The summed E-state index contributed by atoms with van der Waals surface area (Å²) in [4.78, 5) is 40.0. The molecule has 1 aliphatic heterocycles. The number of thiocarbonyl (C=S) groups is 1. The molecule has 1 aromatic heterocycles. The number of aromatic nitrogens is 1. The summed E-state index contributed by atoms with van der Waals surface area (Å²) >= 11 is 5.06. The Bertz CT molecular complexity index is 909. The lowest BCUT2D eigenvalue weighted by atomic mass is 10.1. The second kappa shape index (κ2) is 6.57. The number of nitro benzene ring substituents is 1. The van der Waals surface area contributed by atoms with E-state index in [4.69, 9.17) is 12.2 Å². The van der Waals surface area contributed by atoms with Crippen LogP contribution in [0.4, 0.5) is 5.69 Å². The van der Waals surface area contributed by atoms with Crippen LogP contribution in [0.5, 0.6) is 0 Å². The molecule has 0 saturated carbocycles. The molecule has 1 fully saturated rings. The van der Waals surface area contributed by atoms with Crippen molar-refractivity contribution in [2.24, 2.45) is 0 Å². The highest BCUT2D eigenvalue weighted by Crippen LogP contribution is 2.21. The van der Waals surface area contributed by atoms with Crippen molar-refractivity contribution in [2.75, 3.05) is 0 Å². The van der Waals surface area contributed by atoms with E-state index < -0.39 is 16.7 Å². The third-order valence-corrected chi connectivity index (χ3v) is 3.70. The van der Waals surface area contributed by atoms with Crippen LogP contribution in [0.1, 0.15) is 15.9 Å². The van der Waals surface area contributed by atoms with Gasteiger partial charge in [0.15, 0.2) is 5.11 Å². The van der Waals surface area contributed by atoms with Crippen LogP contribution in [-0.2, 0) is 4.79 Å². The van der Waals surface area contributed by atoms with Crippen LogP contribution in [-0.4, -0.2) is 31.7 Å². The lowest BCUT2D eigenvalue weighted by molar-refractivity contribution is -0.384. The lowest BCUT2D eigenvalue weighted by Crippen LogP contribution is -2.33. The summed E-state index contributed by atoms with van der Waals surface area (Å²) in [6.07, 6.45) is 4.61. The van der Waals surface area contributed by atoms with Crippen molar-refractivity contribution in [1.82, 2.24) is 15.2 Å². The van der Waals surface area contributed by atoms with Gasteiger partial charge < -0.3 is 0 Å². The standard InChI is InChI=1S/C16H10N4O4S/c21-14-13(8-10-2-1-7-17-9-10)19(16(25)18-14)15(22)11-3-5-12(6-4-11)20(23)24/h1-9H,(H,18,21,25)/b13-8-. The average molecular weight is 354 g/mol. The molecule has 25 heavy (non-hydrogen) atoms. The predicted molar refractivity (Wildman–Crippen MR) is 92.2 cm³/mol. The molecule has 1 aromatic carbocycles. The smallest absolute Gasteiger partial charge is 0.274 e. The summed E-state index contributed by atoms with van der Waals surface area (Å²) in [5, 5.41) is 13.1. The number of rotatable bonds is 3. The molecule has 2 amide bonds. The Morgan fingerprint density at radius 2 is 2.00 bits per heavy atom. The van der Waals surface area contributed by atoms with Gasteiger partial charge in [-0.25, -0.2) is 4.90 Å². The van der Waals surface area contributed by atoms with E-state index in [9.17, 15) is 19.7 Å². The average Bonchev–Trinajstić information content (AvgIpc) is 2.89. The van der Waals surface area contributed by atoms with Crippen molar-refractivity contribution >= 4 is 40.9 Å². The van der Waals surface area contributed by atoms with Gasteiger partial charge in [0.25, 0.3) is 17.5 Å². The van der Waals surface area contributed by atoms with Crippen LogP contribution in [0.25, 0.3) is 6.08 Å². The fraction of sp³-hybridized carbons (Fsp3) is 0. The molecule has 0 unspecified atom stereocenters. The van der Waals surface area contributed by atoms with Gasteiger partial charge in [0.1, 0.15) is 5.70 Å². The number of benzene rings is 1. The Balaban J connectivity index is 1.96. The first kappa shape index (κ1) is 16.4. The zero-order valence-corrected chi connectivity index (χ0v) is 13.4. The normalized spacial score (nSPS) is 15.4. The number of nitro groups is 1. The van der Waals surface area contributed by atoms with Crippen LogP contribution in [0, 0.1) is 10.1 Å². The maximum Gasteiger partial charge on any atom is 0.274 e. The molecular weight excluding hydrogens is 344 g/mol. The van der Waals surface area contributed by atoms with Crippen LogP contribution in [0.15, 0.2) is 54.5 Å². The number of pyridine rings is 1. The Kier molecular flexibility index (Phi) is 4.31. The van der Waals surface area contributed by atoms with E-state index >= 15 is 0 Å². The molecule has 8 nitrogen and oxygen atoms in total. The van der Waals surface area contributed by atoms with Crippen LogP contribution in [0.2, 0.25) is 0 Å². The second-order valence-corrected chi connectivity index (χ2v) is 5.41. The van der Waals surface area contributed by atoms with Gasteiger partial charge in [-0.3, -0.25) is 30.0 Å². The van der Waals surface area contributed by atoms with E-state index in [2.05, 4.69) is 10.3 Å². The Morgan fingerprint density at radius 3 is 2.60 bits per heavy atom. The lowest BCUT2D eigenvalue weighted by Gasteiger charge is -2.15. The highest BCUT2D eigenvalue weighted by atomic mass is 32.1. The van der Waals surface area contributed by atoms with Gasteiger partial charge in [-0.15, -0.1) is 0 Å². The summed E-state index contributed by atoms with van der Waals surface area (Å²) in [6, 6.07) is 8.47. The summed E-state index contributed by atoms with van der Waals surface area (Å²) in [5.41, 5.74) is 0.711. The first-order valence-electron chi connectivity index (χ1n) is 7.03. The van der Waals surface area contributed by atoms with E-state index in [-0.39, 0.29) is 22.1 Å². The molecule has 9 heteroatoms. The molecule has 1 aliphatic rings. The molecule has 1 saturated heterocycles. The summed E-state index contributed by atoms with van der Waals surface area (Å²) < 4.78 is 0. The van der Waals surface area contributed by atoms with Crippen molar-refractivity contribution in [3.05, 3.63) is 75.7 Å². The van der Waals surface area contributed by atoms with E-state index in [0.29, 0.717) is 5.56 Å². The van der Waals surface area contributed by atoms with Gasteiger partial charge >= 0.3 is 0 Å². The van der Waals surface area contributed by atoms with Crippen molar-refractivity contribution in [3.63, 3.8) is 0 Å². The minimum absolute atomic E-state index is 0.0523. The maximum atomic E-state index is 12.7. The fourth-order valence-electron chi connectivity index (χ4n) is 2.23. The third kappa shape index (κ3) is 3.26. The molecule has 3 rings (SSSR count). The van der Waals surface area contributed by atoms with E-state index in [1.807, 2.05) is 0 Å². The minimum Gasteiger partial charge on any atom is -0.297 e. The highest BCUT2D eigenvalue weighted by molar-refractivity contribution is 7.80. The van der Waals surface area contributed by atoms with Crippen LogP contribution >= 0.6 is 12.2 Å². The zero-order chi connectivity index (χ0) is 18.0. The van der Waals surface area contributed by atoms with E-state index in [0.717, 1.165) is 4.90 Å². The van der Waals surface area contributed by atoms with Gasteiger partial charge in [-0.05, 0) is 42.1 Å². The van der Waals surface area contributed by atoms with Gasteiger partial charge in [0.05, 0.1) is 4.92 Å². The van der Waals surface area contributed by atoms with E-state index in [1.165, 1.54) is 36.5 Å². The number of amides is 2. The third-order valence-electron chi connectivity index (χ3n) is 3.41. The first-order valence-corrected chi connectivity index (χ1v) is 7.44. The molecule has 2 aromatic rings. The van der Waals surface area contributed by atoms with Crippen LogP contribution in [0.3, 0.4) is 0 Å². The molecule has 1 N–H and O–H groups in total.